The van der Waals surface area contributed by atoms with Gasteiger partial charge in [-0.25, -0.2) is 4.79 Å². The first-order chi connectivity index (χ1) is 11.8. The summed E-state index contributed by atoms with van der Waals surface area (Å²) in [5.74, 6) is 0.867. The van der Waals surface area contributed by atoms with Crippen LogP contribution in [0.25, 0.3) is 5.65 Å². The lowest BCUT2D eigenvalue weighted by Gasteiger charge is -2.18. The molecule has 9 heteroatoms. The Morgan fingerprint density at radius 2 is 2.33 bits per heavy atom. The van der Waals surface area contributed by atoms with E-state index in [1.807, 2.05) is 12.1 Å². The third-order valence-corrected chi connectivity index (χ3v) is 4.51. The quantitative estimate of drug-likeness (QED) is 0.830. The molecule has 2 aliphatic heterocycles. The van der Waals surface area contributed by atoms with Gasteiger partial charge in [0.2, 0.25) is 0 Å². The van der Waals surface area contributed by atoms with Crippen LogP contribution in [0.5, 0.6) is 0 Å². The number of nitrogens with one attached hydrogen (secondary N) is 2. The summed E-state index contributed by atoms with van der Waals surface area (Å²) in [6.45, 7) is 2.98. The fourth-order valence-corrected chi connectivity index (χ4v) is 3.22. The van der Waals surface area contributed by atoms with Crippen LogP contribution in [-0.2, 0) is 4.74 Å². The maximum atomic E-state index is 12.0. The van der Waals surface area contributed by atoms with Crippen LogP contribution in [0.15, 0.2) is 18.5 Å². The van der Waals surface area contributed by atoms with E-state index in [9.17, 15) is 4.79 Å². The first-order valence-corrected chi connectivity index (χ1v) is 8.36. The molecular weight excluding hydrogens is 310 g/mol. The van der Waals surface area contributed by atoms with Gasteiger partial charge in [-0.3, -0.25) is 0 Å². The first kappa shape index (κ1) is 15.1. The number of rotatable bonds is 4. The molecule has 0 bridgehead atoms. The highest BCUT2D eigenvalue weighted by atomic mass is 16.5. The number of fused-ring (bicyclic) bond motifs is 1. The van der Waals surface area contributed by atoms with Crippen molar-refractivity contribution >= 4 is 17.5 Å². The number of aromatic nitrogens is 4. The lowest BCUT2D eigenvalue weighted by Crippen LogP contribution is -2.45. The molecule has 24 heavy (non-hydrogen) atoms. The molecule has 0 spiro atoms. The number of carbonyl (C=O) groups excluding carboxylic acids is 1. The Hall–Kier alpha value is -2.42. The molecular formula is C15H21N7O2. The zero-order valence-electron chi connectivity index (χ0n) is 13.4. The van der Waals surface area contributed by atoms with E-state index in [0.29, 0.717) is 6.54 Å². The highest BCUT2D eigenvalue weighted by Crippen LogP contribution is 2.18. The van der Waals surface area contributed by atoms with E-state index in [0.717, 1.165) is 50.4 Å². The van der Waals surface area contributed by atoms with Gasteiger partial charge in [0.15, 0.2) is 5.65 Å². The number of carbonyl (C=O) groups is 1. The third kappa shape index (κ3) is 3.25. The van der Waals surface area contributed by atoms with Gasteiger partial charge in [-0.2, -0.15) is 4.52 Å². The Morgan fingerprint density at radius 3 is 3.21 bits per heavy atom. The zero-order chi connectivity index (χ0) is 16.4. The molecule has 2 aliphatic rings. The van der Waals surface area contributed by atoms with Crippen molar-refractivity contribution in [2.75, 3.05) is 31.1 Å². The third-order valence-electron chi connectivity index (χ3n) is 4.51. The Labute approximate surface area is 139 Å². The summed E-state index contributed by atoms with van der Waals surface area (Å²) in [6.07, 6.45) is 4.75. The van der Waals surface area contributed by atoms with Crippen molar-refractivity contribution < 1.29 is 9.53 Å². The molecule has 2 atom stereocenters. The molecule has 2 aromatic heterocycles. The number of amides is 2. The standard InChI is InChI=1S/C15H21N7O2/c23-15(16-8-12-2-1-7-24-12)18-11-5-6-21(9-11)14-4-3-13-19-17-10-22(13)20-14/h3-4,10-12H,1-2,5-9H2,(H2,16,18,23)/t11-,12-/m1/s1. The number of nitrogens with zero attached hydrogens (tertiary/aromatic N) is 5. The van der Waals surface area contributed by atoms with Gasteiger partial charge in [0.25, 0.3) is 0 Å². The van der Waals surface area contributed by atoms with Crippen molar-refractivity contribution in [3.63, 3.8) is 0 Å². The second-order valence-electron chi connectivity index (χ2n) is 6.25. The summed E-state index contributed by atoms with van der Waals surface area (Å²) >= 11 is 0. The van der Waals surface area contributed by atoms with Crippen molar-refractivity contribution in [1.29, 1.82) is 0 Å². The van der Waals surface area contributed by atoms with Crippen molar-refractivity contribution in [2.24, 2.45) is 0 Å². The molecule has 2 N–H and O–H groups in total. The lowest BCUT2D eigenvalue weighted by molar-refractivity contribution is 0.111. The number of hydrogen-bond donors (Lipinski definition) is 2. The molecule has 2 saturated heterocycles. The Morgan fingerprint density at radius 1 is 1.38 bits per heavy atom. The Balaban J connectivity index is 1.28. The molecule has 4 heterocycles. The van der Waals surface area contributed by atoms with E-state index in [1.54, 1.807) is 10.8 Å². The van der Waals surface area contributed by atoms with Gasteiger partial charge < -0.3 is 20.3 Å². The maximum absolute atomic E-state index is 12.0. The molecule has 9 nitrogen and oxygen atoms in total. The summed E-state index contributed by atoms with van der Waals surface area (Å²) < 4.78 is 7.16. The molecule has 0 radical (unpaired) electrons. The van der Waals surface area contributed by atoms with E-state index in [4.69, 9.17) is 4.74 Å². The van der Waals surface area contributed by atoms with Gasteiger partial charge in [0.05, 0.1) is 6.10 Å². The van der Waals surface area contributed by atoms with Gasteiger partial charge in [0.1, 0.15) is 12.1 Å². The first-order valence-electron chi connectivity index (χ1n) is 8.36. The molecule has 0 aromatic carbocycles. The minimum Gasteiger partial charge on any atom is -0.376 e. The van der Waals surface area contributed by atoms with Crippen LogP contribution in [0.4, 0.5) is 10.6 Å². The summed E-state index contributed by atoms with van der Waals surface area (Å²) in [7, 11) is 0. The normalized spacial score (nSPS) is 23.8. The summed E-state index contributed by atoms with van der Waals surface area (Å²) in [4.78, 5) is 14.2. The van der Waals surface area contributed by atoms with Gasteiger partial charge in [0, 0.05) is 32.3 Å². The molecule has 0 unspecified atom stereocenters. The Bertz CT molecular complexity index is 713. The average Bonchev–Trinajstić information content (AvgIpc) is 3.33. The average molecular weight is 331 g/mol. The van der Waals surface area contributed by atoms with Crippen LogP contribution in [0.1, 0.15) is 19.3 Å². The van der Waals surface area contributed by atoms with Crippen LogP contribution < -0.4 is 15.5 Å². The number of ether oxygens (including phenoxy) is 1. The molecule has 4 rings (SSSR count). The van der Waals surface area contributed by atoms with Crippen LogP contribution in [0.3, 0.4) is 0 Å². The van der Waals surface area contributed by atoms with Gasteiger partial charge in [-0.1, -0.05) is 0 Å². The van der Waals surface area contributed by atoms with Gasteiger partial charge in [-0.05, 0) is 31.4 Å². The minimum absolute atomic E-state index is 0.118. The minimum atomic E-state index is -0.125. The van der Waals surface area contributed by atoms with E-state index >= 15 is 0 Å². The highest BCUT2D eigenvalue weighted by Gasteiger charge is 2.25. The summed E-state index contributed by atoms with van der Waals surface area (Å²) in [6, 6.07) is 3.82. The van der Waals surface area contributed by atoms with E-state index in [2.05, 4.69) is 30.8 Å². The van der Waals surface area contributed by atoms with E-state index in [1.165, 1.54) is 0 Å². The van der Waals surface area contributed by atoms with Crippen molar-refractivity contribution in [3.05, 3.63) is 18.5 Å². The SMILES string of the molecule is O=C(NC[C@H]1CCCO1)N[C@@H]1CCN(c2ccc3nncn3n2)C1. The fourth-order valence-electron chi connectivity index (χ4n) is 3.22. The summed E-state index contributed by atoms with van der Waals surface area (Å²) in [5.41, 5.74) is 0.723. The van der Waals surface area contributed by atoms with Crippen LogP contribution in [-0.4, -0.2) is 64.2 Å². The smallest absolute Gasteiger partial charge is 0.315 e. The number of hydrogen-bond acceptors (Lipinski definition) is 6. The van der Waals surface area contributed by atoms with E-state index in [-0.39, 0.29) is 18.2 Å². The maximum Gasteiger partial charge on any atom is 0.315 e. The molecule has 2 amide bonds. The predicted molar refractivity (Wildman–Crippen MR) is 86.9 cm³/mol. The zero-order valence-corrected chi connectivity index (χ0v) is 13.4. The largest absolute Gasteiger partial charge is 0.376 e. The van der Waals surface area contributed by atoms with Crippen LogP contribution in [0.2, 0.25) is 0 Å². The number of anilines is 1. The van der Waals surface area contributed by atoms with Crippen molar-refractivity contribution in [2.45, 2.75) is 31.4 Å². The Kier molecular flexibility index (Phi) is 4.16. The lowest BCUT2D eigenvalue weighted by atomic mass is 10.2. The van der Waals surface area contributed by atoms with Crippen LogP contribution >= 0.6 is 0 Å². The second-order valence-corrected chi connectivity index (χ2v) is 6.25. The van der Waals surface area contributed by atoms with Gasteiger partial charge >= 0.3 is 6.03 Å². The second kappa shape index (κ2) is 6.60. The van der Waals surface area contributed by atoms with Gasteiger partial charge in [-0.15, -0.1) is 15.3 Å². The molecule has 2 aromatic rings. The molecule has 128 valence electrons. The fraction of sp³-hybridized carbons (Fsp3) is 0.600. The monoisotopic (exact) mass is 331 g/mol. The number of urea groups is 1. The molecule has 2 fully saturated rings. The van der Waals surface area contributed by atoms with Crippen molar-refractivity contribution in [1.82, 2.24) is 30.4 Å². The molecule has 0 aliphatic carbocycles. The topological polar surface area (TPSA) is 96.7 Å². The molecule has 0 saturated carbocycles. The highest BCUT2D eigenvalue weighted by molar-refractivity contribution is 5.74. The van der Waals surface area contributed by atoms with Crippen LogP contribution in [0, 0.1) is 0 Å². The summed E-state index contributed by atoms with van der Waals surface area (Å²) in [5, 5.41) is 18.2. The van der Waals surface area contributed by atoms with E-state index < -0.39 is 0 Å². The predicted octanol–water partition coefficient (Wildman–Crippen LogP) is 0.181. The van der Waals surface area contributed by atoms with Crippen molar-refractivity contribution in [3.8, 4) is 0 Å².